The van der Waals surface area contributed by atoms with Crippen molar-refractivity contribution in [2.75, 3.05) is 16.8 Å². The van der Waals surface area contributed by atoms with Crippen molar-refractivity contribution in [3.63, 3.8) is 0 Å². The molecule has 0 saturated heterocycles. The molecule has 2 N–H and O–H groups in total. The van der Waals surface area contributed by atoms with E-state index in [0.717, 1.165) is 5.56 Å². The predicted octanol–water partition coefficient (Wildman–Crippen LogP) is 2.93. The fraction of sp³-hybridized carbons (Fsp3) is 0.158. The maximum atomic E-state index is 12.5. The van der Waals surface area contributed by atoms with E-state index in [-0.39, 0.29) is 17.5 Å². The summed E-state index contributed by atoms with van der Waals surface area (Å²) in [4.78, 5) is 0.0558. The Kier molecular flexibility index (Phi) is 4.74. The first-order valence-electron chi connectivity index (χ1n) is 8.56. The maximum absolute atomic E-state index is 12.5. The van der Waals surface area contributed by atoms with Crippen molar-refractivity contribution >= 4 is 21.7 Å². The van der Waals surface area contributed by atoms with Crippen molar-refractivity contribution in [2.24, 2.45) is 0 Å². The molecule has 0 aliphatic carbocycles. The molecule has 0 spiro atoms. The van der Waals surface area contributed by atoms with Gasteiger partial charge in [-0.15, -0.1) is 10.2 Å². The van der Waals surface area contributed by atoms with Crippen molar-refractivity contribution in [3.8, 4) is 11.5 Å². The van der Waals surface area contributed by atoms with Crippen molar-refractivity contribution in [1.82, 2.24) is 10.2 Å². The number of fused-ring (bicyclic) bond motifs is 1. The normalized spacial score (nSPS) is 12.6. The number of anilines is 2. The lowest BCUT2D eigenvalue weighted by Crippen LogP contribution is -2.14. The van der Waals surface area contributed by atoms with Gasteiger partial charge in [0.1, 0.15) is 5.82 Å². The lowest BCUT2D eigenvalue weighted by Gasteiger charge is -2.10. The van der Waals surface area contributed by atoms with Gasteiger partial charge in [-0.1, -0.05) is 24.3 Å². The van der Waals surface area contributed by atoms with E-state index in [0.29, 0.717) is 23.9 Å². The molecule has 4 rings (SSSR count). The van der Waals surface area contributed by atoms with Crippen LogP contribution in [0.25, 0.3) is 0 Å². The Morgan fingerprint density at radius 3 is 2.50 bits per heavy atom. The predicted molar refractivity (Wildman–Crippen MR) is 104 cm³/mol. The van der Waals surface area contributed by atoms with Gasteiger partial charge in [0, 0.05) is 12.6 Å². The van der Waals surface area contributed by atoms with Gasteiger partial charge in [-0.25, -0.2) is 8.42 Å². The average molecular weight is 398 g/mol. The van der Waals surface area contributed by atoms with E-state index in [1.54, 1.807) is 18.2 Å². The Labute approximate surface area is 162 Å². The van der Waals surface area contributed by atoms with Gasteiger partial charge >= 0.3 is 0 Å². The first-order valence-corrected chi connectivity index (χ1v) is 10.0. The van der Waals surface area contributed by atoms with Crippen LogP contribution in [0.4, 0.5) is 11.6 Å². The second-order valence-corrected chi connectivity index (χ2v) is 7.89. The Bertz CT molecular complexity index is 1100. The number of hydrogen-bond acceptors (Lipinski definition) is 7. The standard InChI is InChI=1S/C19H18N4O4S/c1-13-4-2-3-5-14(13)11-20-18-8-9-19(22-21-18)23-28(24,25)15-6-7-16-17(10-15)27-12-26-16/h2-10H,11-12H2,1H3,(H,20,21)(H,22,23). The van der Waals surface area contributed by atoms with Crippen LogP contribution in [0.5, 0.6) is 11.5 Å². The SMILES string of the molecule is Cc1ccccc1CNc1ccc(NS(=O)(=O)c2ccc3c(c2)OCO3)nn1. The van der Waals surface area contributed by atoms with E-state index in [2.05, 4.69) is 20.2 Å². The van der Waals surface area contributed by atoms with Crippen LogP contribution in [0.1, 0.15) is 11.1 Å². The molecule has 144 valence electrons. The van der Waals surface area contributed by atoms with Crippen LogP contribution >= 0.6 is 0 Å². The molecule has 0 saturated carbocycles. The van der Waals surface area contributed by atoms with E-state index in [9.17, 15) is 8.42 Å². The zero-order valence-electron chi connectivity index (χ0n) is 15.0. The summed E-state index contributed by atoms with van der Waals surface area (Å²) in [5, 5.41) is 11.1. The molecule has 1 aromatic heterocycles. The summed E-state index contributed by atoms with van der Waals surface area (Å²) in [5.74, 6) is 1.58. The van der Waals surface area contributed by atoms with Crippen LogP contribution in [-0.2, 0) is 16.6 Å². The van der Waals surface area contributed by atoms with Gasteiger partial charge in [-0.2, -0.15) is 0 Å². The molecule has 3 aromatic rings. The molecule has 0 amide bonds. The largest absolute Gasteiger partial charge is 0.454 e. The summed E-state index contributed by atoms with van der Waals surface area (Å²) in [7, 11) is -3.82. The fourth-order valence-electron chi connectivity index (χ4n) is 2.72. The third kappa shape index (κ3) is 3.84. The lowest BCUT2D eigenvalue weighted by atomic mass is 10.1. The second kappa shape index (κ2) is 7.35. The van der Waals surface area contributed by atoms with Crippen molar-refractivity contribution in [1.29, 1.82) is 0 Å². The monoisotopic (exact) mass is 398 g/mol. The number of hydrogen-bond donors (Lipinski definition) is 2. The number of nitrogens with zero attached hydrogens (tertiary/aromatic N) is 2. The highest BCUT2D eigenvalue weighted by molar-refractivity contribution is 7.92. The van der Waals surface area contributed by atoms with Gasteiger partial charge in [-0.3, -0.25) is 4.72 Å². The Balaban J connectivity index is 1.43. The average Bonchev–Trinajstić information content (AvgIpc) is 3.16. The first-order chi connectivity index (χ1) is 13.5. The van der Waals surface area contributed by atoms with Gasteiger partial charge in [0.2, 0.25) is 6.79 Å². The van der Waals surface area contributed by atoms with Gasteiger partial charge < -0.3 is 14.8 Å². The zero-order chi connectivity index (χ0) is 19.6. The molecule has 0 atom stereocenters. The van der Waals surface area contributed by atoms with Crippen molar-refractivity contribution in [2.45, 2.75) is 18.4 Å². The van der Waals surface area contributed by atoms with Crippen LogP contribution in [0.2, 0.25) is 0 Å². The highest BCUT2D eigenvalue weighted by atomic mass is 32.2. The van der Waals surface area contributed by atoms with Crippen LogP contribution < -0.4 is 19.5 Å². The molecule has 9 heteroatoms. The van der Waals surface area contributed by atoms with E-state index >= 15 is 0 Å². The molecule has 0 unspecified atom stereocenters. The van der Waals surface area contributed by atoms with Gasteiger partial charge in [-0.05, 0) is 42.3 Å². The maximum Gasteiger partial charge on any atom is 0.263 e. The molecule has 0 bridgehead atoms. The smallest absolute Gasteiger partial charge is 0.263 e. The molecule has 1 aliphatic rings. The summed E-state index contributed by atoms with van der Waals surface area (Å²) in [6, 6.07) is 15.7. The fourth-order valence-corrected chi connectivity index (χ4v) is 3.73. The molecular formula is C19H18N4O4S. The number of benzene rings is 2. The minimum Gasteiger partial charge on any atom is -0.454 e. The molecule has 8 nitrogen and oxygen atoms in total. The summed E-state index contributed by atoms with van der Waals surface area (Å²) < 4.78 is 37.9. The summed E-state index contributed by atoms with van der Waals surface area (Å²) in [6.45, 7) is 2.72. The Morgan fingerprint density at radius 1 is 0.964 bits per heavy atom. The molecule has 2 heterocycles. The van der Waals surface area contributed by atoms with E-state index < -0.39 is 10.0 Å². The Morgan fingerprint density at radius 2 is 1.71 bits per heavy atom. The molecular weight excluding hydrogens is 380 g/mol. The van der Waals surface area contributed by atoms with Crippen molar-refractivity contribution in [3.05, 3.63) is 65.7 Å². The van der Waals surface area contributed by atoms with Crippen molar-refractivity contribution < 1.29 is 17.9 Å². The first kappa shape index (κ1) is 18.1. The number of aryl methyl sites for hydroxylation is 1. The molecule has 0 fully saturated rings. The number of aromatic nitrogens is 2. The molecule has 2 aromatic carbocycles. The number of ether oxygens (including phenoxy) is 2. The minimum absolute atomic E-state index is 0.0558. The lowest BCUT2D eigenvalue weighted by molar-refractivity contribution is 0.174. The quantitative estimate of drug-likeness (QED) is 0.658. The number of nitrogens with one attached hydrogen (secondary N) is 2. The summed E-state index contributed by atoms with van der Waals surface area (Å²) in [6.07, 6.45) is 0. The second-order valence-electron chi connectivity index (χ2n) is 6.20. The van der Waals surface area contributed by atoms with Crippen LogP contribution in [0.15, 0.2) is 59.5 Å². The molecule has 0 radical (unpaired) electrons. The highest BCUT2D eigenvalue weighted by Crippen LogP contribution is 2.34. The van der Waals surface area contributed by atoms with Crippen LogP contribution in [-0.4, -0.2) is 25.4 Å². The van der Waals surface area contributed by atoms with Crippen LogP contribution in [0.3, 0.4) is 0 Å². The highest BCUT2D eigenvalue weighted by Gasteiger charge is 2.20. The third-order valence-corrected chi connectivity index (χ3v) is 5.63. The molecule has 1 aliphatic heterocycles. The summed E-state index contributed by atoms with van der Waals surface area (Å²) >= 11 is 0. The van der Waals surface area contributed by atoms with Crippen LogP contribution in [0, 0.1) is 6.92 Å². The molecule has 28 heavy (non-hydrogen) atoms. The number of rotatable bonds is 6. The topological polar surface area (TPSA) is 102 Å². The van der Waals surface area contributed by atoms with Gasteiger partial charge in [0.25, 0.3) is 10.0 Å². The van der Waals surface area contributed by atoms with E-state index in [1.807, 2.05) is 31.2 Å². The Hall–Kier alpha value is -3.33. The van der Waals surface area contributed by atoms with E-state index in [1.165, 1.54) is 17.7 Å². The summed E-state index contributed by atoms with van der Waals surface area (Å²) in [5.41, 5.74) is 2.33. The third-order valence-electron chi connectivity index (χ3n) is 4.28. The van der Waals surface area contributed by atoms with E-state index in [4.69, 9.17) is 9.47 Å². The zero-order valence-corrected chi connectivity index (χ0v) is 15.9. The number of sulfonamides is 1. The van der Waals surface area contributed by atoms with Gasteiger partial charge in [0.15, 0.2) is 17.3 Å². The van der Waals surface area contributed by atoms with Gasteiger partial charge in [0.05, 0.1) is 4.90 Å². The minimum atomic E-state index is -3.82.